The summed E-state index contributed by atoms with van der Waals surface area (Å²) >= 11 is 0. The number of nitrogens with zero attached hydrogens (tertiary/aromatic N) is 1. The molecule has 1 aliphatic heterocycles. The number of likely N-dealkylation sites (tertiary alicyclic amines) is 1. The van der Waals surface area contributed by atoms with E-state index in [1.165, 1.54) is 11.8 Å². The van der Waals surface area contributed by atoms with Crippen LogP contribution >= 0.6 is 0 Å². The zero-order valence-corrected chi connectivity index (χ0v) is 15.5. The molecule has 1 saturated heterocycles. The second-order valence-electron chi connectivity index (χ2n) is 6.54. The first-order chi connectivity index (χ1) is 13.1. The Labute approximate surface area is 161 Å². The van der Waals surface area contributed by atoms with Crippen molar-refractivity contribution in [2.45, 2.75) is 56.8 Å². The van der Waals surface area contributed by atoms with Crippen LogP contribution in [0.25, 0.3) is 0 Å². The van der Waals surface area contributed by atoms with Crippen molar-refractivity contribution in [1.82, 2.24) is 15.5 Å². The fraction of sp³-hybridized carbons (Fsp3) is 0.688. The Bertz CT molecular complexity index is 626. The summed E-state index contributed by atoms with van der Waals surface area (Å²) in [6.45, 7) is 0.824. The van der Waals surface area contributed by atoms with Crippen LogP contribution in [0, 0.1) is 0 Å². The molecule has 1 heterocycles. The maximum atomic E-state index is 12.9. The van der Waals surface area contributed by atoms with Gasteiger partial charge in [-0.2, -0.15) is 0 Å². The minimum atomic E-state index is -1.28. The number of carboxylic acid groups (broad SMARTS) is 2. The van der Waals surface area contributed by atoms with Gasteiger partial charge in [-0.15, -0.1) is 0 Å². The van der Waals surface area contributed by atoms with Crippen molar-refractivity contribution in [1.29, 1.82) is 0 Å². The average Bonchev–Trinajstić information content (AvgIpc) is 3.13. The van der Waals surface area contributed by atoms with E-state index in [4.69, 9.17) is 21.1 Å². The predicted molar refractivity (Wildman–Crippen MR) is 93.8 cm³/mol. The molecule has 0 aromatic heterocycles. The van der Waals surface area contributed by atoms with Gasteiger partial charge in [0.2, 0.25) is 17.7 Å². The Morgan fingerprint density at radius 1 is 1.18 bits per heavy atom. The highest BCUT2D eigenvalue weighted by molar-refractivity contribution is 5.94. The second-order valence-corrected chi connectivity index (χ2v) is 6.54. The molecule has 158 valence electrons. The lowest BCUT2D eigenvalue weighted by Crippen LogP contribution is -2.57. The molecule has 0 aromatic carbocycles. The standard InChI is InChI=1S/C16H26N4O8/c1-8(16(27)28)18-14(25)11-3-2-6-20(11)15(26)10(4-5-12(22)23)19-13(24)9(17)7-21/h8-11,21H,2-7,17H2,1H3,(H,18,25)(H,19,24)(H,22,23)(H,27,28). The number of nitrogens with one attached hydrogen (secondary N) is 2. The maximum absolute atomic E-state index is 12.9. The number of carbonyl (C=O) groups is 5. The van der Waals surface area contributed by atoms with Crippen molar-refractivity contribution in [3.8, 4) is 0 Å². The van der Waals surface area contributed by atoms with E-state index in [0.29, 0.717) is 12.8 Å². The topological polar surface area (TPSA) is 199 Å². The lowest BCUT2D eigenvalue weighted by Gasteiger charge is -2.29. The molecule has 3 amide bonds. The molecular formula is C16H26N4O8. The molecule has 4 atom stereocenters. The van der Waals surface area contributed by atoms with Crippen molar-refractivity contribution >= 4 is 29.7 Å². The number of hydrogen-bond acceptors (Lipinski definition) is 7. The fourth-order valence-electron chi connectivity index (χ4n) is 2.76. The summed E-state index contributed by atoms with van der Waals surface area (Å²) < 4.78 is 0. The van der Waals surface area contributed by atoms with Crippen molar-refractivity contribution in [2.24, 2.45) is 5.73 Å². The van der Waals surface area contributed by atoms with Crippen LogP contribution in [-0.4, -0.2) is 87.2 Å². The third kappa shape index (κ3) is 6.46. The first-order valence-corrected chi connectivity index (χ1v) is 8.80. The van der Waals surface area contributed by atoms with Gasteiger partial charge in [-0.25, -0.2) is 0 Å². The Morgan fingerprint density at radius 2 is 1.82 bits per heavy atom. The fourth-order valence-corrected chi connectivity index (χ4v) is 2.76. The number of aliphatic hydroxyl groups excluding tert-OH is 1. The minimum Gasteiger partial charge on any atom is -0.481 e. The summed E-state index contributed by atoms with van der Waals surface area (Å²) in [5, 5.41) is 31.3. The Hall–Kier alpha value is -2.73. The molecule has 0 bridgehead atoms. The Balaban J connectivity index is 2.91. The highest BCUT2D eigenvalue weighted by atomic mass is 16.4. The van der Waals surface area contributed by atoms with E-state index in [-0.39, 0.29) is 13.0 Å². The SMILES string of the molecule is CC(NC(=O)C1CCCN1C(=O)C(CCC(=O)O)NC(=O)C(N)CO)C(=O)O. The molecule has 0 aliphatic carbocycles. The largest absolute Gasteiger partial charge is 0.481 e. The van der Waals surface area contributed by atoms with Crippen molar-refractivity contribution in [2.75, 3.05) is 13.2 Å². The van der Waals surface area contributed by atoms with Crippen LogP contribution in [0.2, 0.25) is 0 Å². The molecule has 1 rings (SSSR count). The van der Waals surface area contributed by atoms with Gasteiger partial charge in [0.15, 0.2) is 0 Å². The van der Waals surface area contributed by atoms with Gasteiger partial charge in [0.05, 0.1) is 6.61 Å². The van der Waals surface area contributed by atoms with Crippen LogP contribution in [0.1, 0.15) is 32.6 Å². The second kappa shape index (κ2) is 10.6. The van der Waals surface area contributed by atoms with Gasteiger partial charge >= 0.3 is 11.9 Å². The van der Waals surface area contributed by atoms with Crippen LogP contribution in [-0.2, 0) is 24.0 Å². The number of carboxylic acids is 2. The first-order valence-electron chi connectivity index (χ1n) is 8.80. The van der Waals surface area contributed by atoms with Gasteiger partial charge in [0.25, 0.3) is 0 Å². The number of aliphatic hydroxyl groups is 1. The number of amides is 3. The predicted octanol–water partition coefficient (Wildman–Crippen LogP) is -2.76. The van der Waals surface area contributed by atoms with E-state index in [9.17, 15) is 24.0 Å². The van der Waals surface area contributed by atoms with Gasteiger partial charge < -0.3 is 36.6 Å². The molecule has 4 unspecified atom stereocenters. The number of hydrogen-bond donors (Lipinski definition) is 6. The van der Waals surface area contributed by atoms with Crippen molar-refractivity contribution in [3.63, 3.8) is 0 Å². The highest BCUT2D eigenvalue weighted by Gasteiger charge is 2.38. The first kappa shape index (κ1) is 23.3. The molecule has 12 heteroatoms. The number of aliphatic carboxylic acids is 2. The molecule has 28 heavy (non-hydrogen) atoms. The Kier molecular flexibility index (Phi) is 8.79. The minimum absolute atomic E-state index is 0.198. The van der Waals surface area contributed by atoms with E-state index in [0.717, 1.165) is 0 Å². The van der Waals surface area contributed by atoms with E-state index in [2.05, 4.69) is 10.6 Å². The number of rotatable bonds is 10. The van der Waals surface area contributed by atoms with E-state index in [1.54, 1.807) is 0 Å². The van der Waals surface area contributed by atoms with Crippen LogP contribution in [0.3, 0.4) is 0 Å². The third-order valence-corrected chi connectivity index (χ3v) is 4.36. The molecular weight excluding hydrogens is 376 g/mol. The van der Waals surface area contributed by atoms with Crippen molar-refractivity contribution < 1.29 is 39.3 Å². The molecule has 7 N–H and O–H groups in total. The Morgan fingerprint density at radius 3 is 2.36 bits per heavy atom. The summed E-state index contributed by atoms with van der Waals surface area (Å²) in [6.07, 6.45) is 0.154. The molecule has 0 saturated carbocycles. The smallest absolute Gasteiger partial charge is 0.325 e. The number of nitrogens with two attached hydrogens (primary N) is 1. The average molecular weight is 402 g/mol. The van der Waals surface area contributed by atoms with Crippen LogP contribution in [0.15, 0.2) is 0 Å². The molecule has 12 nitrogen and oxygen atoms in total. The lowest BCUT2D eigenvalue weighted by molar-refractivity contribution is -0.145. The summed E-state index contributed by atoms with van der Waals surface area (Å²) in [6, 6.07) is -4.60. The molecule has 0 radical (unpaired) electrons. The molecule has 0 spiro atoms. The van der Waals surface area contributed by atoms with Gasteiger partial charge in [-0.3, -0.25) is 24.0 Å². The third-order valence-electron chi connectivity index (χ3n) is 4.36. The van der Waals surface area contributed by atoms with Gasteiger partial charge in [-0.1, -0.05) is 0 Å². The quantitative estimate of drug-likeness (QED) is 0.224. The van der Waals surface area contributed by atoms with Crippen LogP contribution < -0.4 is 16.4 Å². The van der Waals surface area contributed by atoms with Gasteiger partial charge in [0, 0.05) is 13.0 Å². The molecule has 0 aromatic rings. The monoisotopic (exact) mass is 402 g/mol. The van der Waals surface area contributed by atoms with E-state index in [1.807, 2.05) is 0 Å². The zero-order valence-electron chi connectivity index (χ0n) is 15.5. The summed E-state index contributed by atoms with van der Waals surface area (Å²) in [5.74, 6) is -4.54. The molecule has 1 fully saturated rings. The van der Waals surface area contributed by atoms with E-state index >= 15 is 0 Å². The lowest BCUT2D eigenvalue weighted by atomic mass is 10.1. The summed E-state index contributed by atoms with van der Waals surface area (Å²) in [4.78, 5) is 60.1. The van der Waals surface area contributed by atoms with Crippen LogP contribution in [0.5, 0.6) is 0 Å². The van der Waals surface area contributed by atoms with Gasteiger partial charge in [-0.05, 0) is 26.2 Å². The summed E-state index contributed by atoms with van der Waals surface area (Å²) in [5.41, 5.74) is 5.41. The zero-order chi connectivity index (χ0) is 21.4. The normalized spacial score (nSPS) is 19.4. The van der Waals surface area contributed by atoms with Crippen molar-refractivity contribution in [3.05, 3.63) is 0 Å². The van der Waals surface area contributed by atoms with Gasteiger partial charge in [0.1, 0.15) is 24.2 Å². The highest BCUT2D eigenvalue weighted by Crippen LogP contribution is 2.20. The maximum Gasteiger partial charge on any atom is 0.325 e. The summed E-state index contributed by atoms with van der Waals surface area (Å²) in [7, 11) is 0. The van der Waals surface area contributed by atoms with E-state index < -0.39 is 66.9 Å². The van der Waals surface area contributed by atoms with Crippen LogP contribution in [0.4, 0.5) is 0 Å². The molecule has 1 aliphatic rings. The number of carbonyl (C=O) groups excluding carboxylic acids is 3.